The number of benzene rings is 2. The molecule has 6 heteroatoms. The number of anilines is 2. The van der Waals surface area contributed by atoms with Crippen molar-refractivity contribution in [2.24, 2.45) is 5.92 Å². The number of carbonyl (C=O) groups is 2. The number of amides is 2. The van der Waals surface area contributed by atoms with Gasteiger partial charge in [-0.05, 0) is 30.5 Å². The van der Waals surface area contributed by atoms with E-state index in [1.165, 1.54) is 0 Å². The molecule has 24 heavy (non-hydrogen) atoms. The van der Waals surface area contributed by atoms with Gasteiger partial charge in [0.15, 0.2) is 0 Å². The molecule has 0 saturated carbocycles. The summed E-state index contributed by atoms with van der Waals surface area (Å²) in [5, 5.41) is 3.45. The first-order valence-corrected chi connectivity index (χ1v) is 9.19. The maximum absolute atomic E-state index is 12.6. The molecule has 1 aliphatic rings. The Morgan fingerprint density at radius 3 is 2.67 bits per heavy atom. The van der Waals surface area contributed by atoms with E-state index in [2.05, 4.69) is 5.32 Å². The molecule has 1 saturated heterocycles. The zero-order valence-corrected chi connectivity index (χ0v) is 14.7. The molecule has 3 rings (SSSR count). The summed E-state index contributed by atoms with van der Waals surface area (Å²) >= 11 is 7.74. The summed E-state index contributed by atoms with van der Waals surface area (Å²) < 4.78 is 0. The Hall–Kier alpha value is -1.98. The van der Waals surface area contributed by atoms with Crippen LogP contribution in [0.5, 0.6) is 0 Å². The minimum absolute atomic E-state index is 0.0820. The lowest BCUT2D eigenvalue weighted by Crippen LogP contribution is -2.28. The predicted octanol–water partition coefficient (Wildman–Crippen LogP) is 4.05. The molecule has 1 fully saturated rings. The van der Waals surface area contributed by atoms with Gasteiger partial charge in [-0.25, -0.2) is 0 Å². The first-order valence-electron chi connectivity index (χ1n) is 7.59. The van der Waals surface area contributed by atoms with Gasteiger partial charge in [0.05, 0.1) is 22.3 Å². The smallest absolute Gasteiger partial charge is 0.229 e. The SMILES string of the molecule is CSc1ccccc1NC(=O)C1CC(=O)N(c2ccccc2Cl)C1. The number of nitrogens with one attached hydrogen (secondary N) is 1. The zero-order chi connectivity index (χ0) is 17.1. The van der Waals surface area contributed by atoms with Gasteiger partial charge in [-0.2, -0.15) is 0 Å². The number of thioether (sulfide) groups is 1. The van der Waals surface area contributed by atoms with Crippen molar-refractivity contribution in [1.29, 1.82) is 0 Å². The Kier molecular flexibility index (Phi) is 5.11. The second-order valence-corrected chi connectivity index (χ2v) is 6.80. The molecule has 1 unspecified atom stereocenters. The van der Waals surface area contributed by atoms with E-state index in [-0.39, 0.29) is 24.2 Å². The molecule has 0 radical (unpaired) electrons. The van der Waals surface area contributed by atoms with Crippen molar-refractivity contribution in [3.05, 3.63) is 53.6 Å². The van der Waals surface area contributed by atoms with Crippen LogP contribution in [0.2, 0.25) is 5.02 Å². The number of rotatable bonds is 4. The van der Waals surface area contributed by atoms with Gasteiger partial charge in [0, 0.05) is 17.9 Å². The molecule has 2 aromatic carbocycles. The quantitative estimate of drug-likeness (QED) is 0.837. The molecule has 0 bridgehead atoms. The monoisotopic (exact) mass is 360 g/mol. The maximum atomic E-state index is 12.6. The molecule has 1 heterocycles. The van der Waals surface area contributed by atoms with E-state index >= 15 is 0 Å². The summed E-state index contributed by atoms with van der Waals surface area (Å²) in [4.78, 5) is 27.4. The molecular formula is C18H17ClN2O2S. The van der Waals surface area contributed by atoms with Crippen LogP contribution in [0.4, 0.5) is 11.4 Å². The van der Waals surface area contributed by atoms with Gasteiger partial charge >= 0.3 is 0 Å². The third kappa shape index (κ3) is 3.42. The maximum Gasteiger partial charge on any atom is 0.229 e. The van der Waals surface area contributed by atoms with Gasteiger partial charge in [0.2, 0.25) is 11.8 Å². The lowest BCUT2D eigenvalue weighted by atomic mass is 10.1. The van der Waals surface area contributed by atoms with Crippen LogP contribution < -0.4 is 10.2 Å². The Labute approximate surface area is 150 Å². The fourth-order valence-electron chi connectivity index (χ4n) is 2.77. The van der Waals surface area contributed by atoms with E-state index < -0.39 is 0 Å². The fraction of sp³-hybridized carbons (Fsp3) is 0.222. The molecule has 1 N–H and O–H groups in total. The summed E-state index contributed by atoms with van der Waals surface area (Å²) in [6.45, 7) is 0.343. The van der Waals surface area contributed by atoms with Gasteiger partial charge < -0.3 is 10.2 Å². The van der Waals surface area contributed by atoms with Crippen LogP contribution in [0.15, 0.2) is 53.4 Å². The minimum atomic E-state index is -0.385. The average molecular weight is 361 g/mol. The zero-order valence-electron chi connectivity index (χ0n) is 13.2. The van der Waals surface area contributed by atoms with Crippen molar-refractivity contribution in [3.63, 3.8) is 0 Å². The third-order valence-corrected chi connectivity index (χ3v) is 5.12. The predicted molar refractivity (Wildman–Crippen MR) is 98.8 cm³/mol. The molecular weight excluding hydrogens is 344 g/mol. The van der Waals surface area contributed by atoms with Crippen LogP contribution in [0, 0.1) is 5.92 Å². The highest BCUT2D eigenvalue weighted by atomic mass is 35.5. The topological polar surface area (TPSA) is 49.4 Å². The number of hydrogen-bond acceptors (Lipinski definition) is 3. The van der Waals surface area contributed by atoms with Crippen LogP contribution in [-0.2, 0) is 9.59 Å². The summed E-state index contributed by atoms with van der Waals surface area (Å²) in [7, 11) is 0. The Morgan fingerprint density at radius 2 is 1.92 bits per heavy atom. The van der Waals surface area contributed by atoms with E-state index in [9.17, 15) is 9.59 Å². The first kappa shape index (κ1) is 16.9. The first-order chi connectivity index (χ1) is 11.6. The van der Waals surface area contributed by atoms with Crippen LogP contribution in [0.1, 0.15) is 6.42 Å². The number of hydrogen-bond donors (Lipinski definition) is 1. The van der Waals surface area contributed by atoms with Crippen LogP contribution in [0.25, 0.3) is 0 Å². The number of carbonyl (C=O) groups excluding carboxylic acids is 2. The van der Waals surface area contributed by atoms with Crippen molar-refractivity contribution in [3.8, 4) is 0 Å². The summed E-state index contributed by atoms with van der Waals surface area (Å²) in [6.07, 6.45) is 2.15. The standard InChI is InChI=1S/C18H17ClN2O2S/c1-24-16-9-5-3-7-14(16)20-18(23)12-10-17(22)21(11-12)15-8-4-2-6-13(15)19/h2-9,12H,10-11H2,1H3,(H,20,23). The molecule has 0 aromatic heterocycles. The van der Waals surface area contributed by atoms with Crippen molar-refractivity contribution in [2.75, 3.05) is 23.0 Å². The highest BCUT2D eigenvalue weighted by Crippen LogP contribution is 2.32. The Bertz CT molecular complexity index is 781. The van der Waals surface area contributed by atoms with E-state index in [0.717, 1.165) is 10.6 Å². The van der Waals surface area contributed by atoms with E-state index in [0.29, 0.717) is 17.3 Å². The fourth-order valence-corrected chi connectivity index (χ4v) is 3.56. The molecule has 1 atom stereocenters. The largest absolute Gasteiger partial charge is 0.325 e. The highest BCUT2D eigenvalue weighted by Gasteiger charge is 2.36. The lowest BCUT2D eigenvalue weighted by Gasteiger charge is -2.18. The summed E-state index contributed by atoms with van der Waals surface area (Å²) in [5.41, 5.74) is 1.43. The van der Waals surface area contributed by atoms with Crippen molar-refractivity contribution < 1.29 is 9.59 Å². The summed E-state index contributed by atoms with van der Waals surface area (Å²) in [6, 6.07) is 14.8. The second kappa shape index (κ2) is 7.28. The minimum Gasteiger partial charge on any atom is -0.325 e. The molecule has 1 aliphatic heterocycles. The summed E-state index contributed by atoms with van der Waals surface area (Å²) in [5.74, 6) is -0.607. The van der Waals surface area contributed by atoms with Crippen molar-refractivity contribution >= 4 is 46.6 Å². The Balaban J connectivity index is 1.74. The third-order valence-electron chi connectivity index (χ3n) is 4.00. The second-order valence-electron chi connectivity index (χ2n) is 5.55. The number of para-hydroxylation sites is 2. The van der Waals surface area contributed by atoms with E-state index in [4.69, 9.17) is 11.6 Å². The van der Waals surface area contributed by atoms with Crippen LogP contribution in [-0.4, -0.2) is 24.6 Å². The van der Waals surface area contributed by atoms with Gasteiger partial charge in [-0.1, -0.05) is 35.9 Å². The molecule has 2 aromatic rings. The van der Waals surface area contributed by atoms with Crippen LogP contribution >= 0.6 is 23.4 Å². The van der Waals surface area contributed by atoms with E-state index in [1.54, 1.807) is 28.8 Å². The normalized spacial score (nSPS) is 17.2. The van der Waals surface area contributed by atoms with Gasteiger partial charge in [0.25, 0.3) is 0 Å². The van der Waals surface area contributed by atoms with Crippen molar-refractivity contribution in [2.45, 2.75) is 11.3 Å². The van der Waals surface area contributed by atoms with Crippen LogP contribution in [0.3, 0.4) is 0 Å². The van der Waals surface area contributed by atoms with Crippen molar-refractivity contribution in [1.82, 2.24) is 0 Å². The van der Waals surface area contributed by atoms with Gasteiger partial charge in [-0.3, -0.25) is 9.59 Å². The lowest BCUT2D eigenvalue weighted by molar-refractivity contribution is -0.122. The number of nitrogens with zero attached hydrogens (tertiary/aromatic N) is 1. The Morgan fingerprint density at radius 1 is 1.21 bits per heavy atom. The van der Waals surface area contributed by atoms with Gasteiger partial charge in [-0.15, -0.1) is 11.8 Å². The highest BCUT2D eigenvalue weighted by molar-refractivity contribution is 7.98. The van der Waals surface area contributed by atoms with E-state index in [1.807, 2.05) is 42.7 Å². The molecule has 2 amide bonds. The molecule has 124 valence electrons. The molecule has 0 spiro atoms. The van der Waals surface area contributed by atoms with Gasteiger partial charge in [0.1, 0.15) is 0 Å². The molecule has 0 aliphatic carbocycles. The number of halogens is 1. The molecule has 4 nitrogen and oxygen atoms in total. The average Bonchev–Trinajstić information content (AvgIpc) is 2.97.